The summed E-state index contributed by atoms with van der Waals surface area (Å²) in [4.78, 5) is 25.2. The van der Waals surface area contributed by atoms with Crippen LogP contribution in [0.3, 0.4) is 0 Å². The van der Waals surface area contributed by atoms with E-state index in [0.717, 1.165) is 18.4 Å². The molecule has 5 nitrogen and oxygen atoms in total. The van der Waals surface area contributed by atoms with Crippen molar-refractivity contribution in [3.05, 3.63) is 35.9 Å². The van der Waals surface area contributed by atoms with Crippen LogP contribution in [0, 0.1) is 11.8 Å². The zero-order valence-electron chi connectivity index (χ0n) is 16.0. The summed E-state index contributed by atoms with van der Waals surface area (Å²) in [6.45, 7) is 4.34. The van der Waals surface area contributed by atoms with Gasteiger partial charge in [0.05, 0.1) is 6.42 Å². The van der Waals surface area contributed by atoms with Crippen molar-refractivity contribution in [1.82, 2.24) is 10.6 Å². The van der Waals surface area contributed by atoms with Crippen LogP contribution < -0.4 is 16.4 Å². The number of benzene rings is 1. The van der Waals surface area contributed by atoms with Crippen molar-refractivity contribution in [2.24, 2.45) is 17.6 Å². The first kappa shape index (κ1) is 20.4. The molecule has 0 saturated heterocycles. The van der Waals surface area contributed by atoms with Crippen LogP contribution in [0.1, 0.15) is 51.5 Å². The van der Waals surface area contributed by atoms with Crippen molar-refractivity contribution in [2.45, 2.75) is 64.5 Å². The van der Waals surface area contributed by atoms with Crippen LogP contribution in [-0.4, -0.2) is 30.4 Å². The number of amides is 2. The number of carbonyl (C=O) groups is 2. The maximum Gasteiger partial charge on any atom is 0.243 e. The van der Waals surface area contributed by atoms with E-state index in [0.29, 0.717) is 12.5 Å². The fraction of sp³-hybridized carbons (Fsp3) is 0.619. The molecule has 0 spiro atoms. The summed E-state index contributed by atoms with van der Waals surface area (Å²) in [6.07, 6.45) is 6.20. The Bertz CT molecular complexity index is 568. The quantitative estimate of drug-likeness (QED) is 0.666. The Hall–Kier alpha value is -1.88. The van der Waals surface area contributed by atoms with Crippen LogP contribution >= 0.6 is 0 Å². The number of hydrogen-bond acceptors (Lipinski definition) is 3. The van der Waals surface area contributed by atoms with Gasteiger partial charge in [-0.2, -0.15) is 0 Å². The minimum absolute atomic E-state index is 0.00456. The molecule has 1 aliphatic carbocycles. The monoisotopic (exact) mass is 359 g/mol. The van der Waals surface area contributed by atoms with Gasteiger partial charge in [-0.15, -0.1) is 0 Å². The van der Waals surface area contributed by atoms with Gasteiger partial charge in [-0.3, -0.25) is 9.59 Å². The standard InChI is InChI=1S/C21H33N3O2/c1-15(2)20(24-19(25)13-16-9-5-3-6-10-16)21(26)23-18(14-22)17-11-7-4-8-12-17/h3,5-6,9-10,15,17-18,20H,4,7-8,11-14,22H2,1-2H3,(H,23,26)(H,24,25). The van der Waals surface area contributed by atoms with Crippen molar-refractivity contribution in [3.63, 3.8) is 0 Å². The van der Waals surface area contributed by atoms with Gasteiger partial charge in [-0.1, -0.05) is 63.4 Å². The van der Waals surface area contributed by atoms with E-state index in [2.05, 4.69) is 10.6 Å². The van der Waals surface area contributed by atoms with Crippen molar-refractivity contribution in [2.75, 3.05) is 6.54 Å². The molecule has 1 saturated carbocycles. The summed E-state index contributed by atoms with van der Waals surface area (Å²) in [5.74, 6) is 0.208. The predicted molar refractivity (Wildman–Crippen MR) is 104 cm³/mol. The molecule has 0 aromatic heterocycles. The van der Waals surface area contributed by atoms with E-state index < -0.39 is 6.04 Å². The first-order valence-corrected chi connectivity index (χ1v) is 9.85. The summed E-state index contributed by atoms with van der Waals surface area (Å²) in [5.41, 5.74) is 6.87. The number of rotatable bonds is 8. The molecular weight excluding hydrogens is 326 g/mol. The largest absolute Gasteiger partial charge is 0.350 e. The third kappa shape index (κ3) is 6.13. The lowest BCUT2D eigenvalue weighted by atomic mass is 9.83. The Morgan fingerprint density at radius 3 is 2.31 bits per heavy atom. The Balaban J connectivity index is 1.94. The van der Waals surface area contributed by atoms with E-state index in [1.54, 1.807) is 0 Å². The van der Waals surface area contributed by atoms with Gasteiger partial charge in [0.2, 0.25) is 11.8 Å². The number of hydrogen-bond donors (Lipinski definition) is 3. The van der Waals surface area contributed by atoms with E-state index in [-0.39, 0.29) is 30.2 Å². The van der Waals surface area contributed by atoms with Crippen LogP contribution in [0.4, 0.5) is 0 Å². The Morgan fingerprint density at radius 1 is 1.08 bits per heavy atom. The smallest absolute Gasteiger partial charge is 0.243 e. The molecule has 2 rings (SSSR count). The molecule has 1 aliphatic rings. The maximum atomic E-state index is 12.8. The second-order valence-corrected chi connectivity index (χ2v) is 7.70. The number of carbonyl (C=O) groups excluding carboxylic acids is 2. The lowest BCUT2D eigenvalue weighted by Gasteiger charge is -2.32. The minimum atomic E-state index is -0.538. The maximum absolute atomic E-state index is 12.8. The minimum Gasteiger partial charge on any atom is -0.350 e. The van der Waals surface area contributed by atoms with Gasteiger partial charge in [0.25, 0.3) is 0 Å². The Labute approximate surface area is 157 Å². The molecule has 2 unspecified atom stereocenters. The van der Waals surface area contributed by atoms with Gasteiger partial charge in [0.15, 0.2) is 0 Å². The molecule has 0 aliphatic heterocycles. The molecule has 2 amide bonds. The molecule has 1 aromatic rings. The molecule has 0 radical (unpaired) electrons. The predicted octanol–water partition coefficient (Wildman–Crippen LogP) is 2.39. The van der Waals surface area contributed by atoms with Crippen LogP contribution in [0.2, 0.25) is 0 Å². The third-order valence-electron chi connectivity index (χ3n) is 5.27. The highest BCUT2D eigenvalue weighted by Crippen LogP contribution is 2.26. The molecule has 2 atom stereocenters. The second kappa shape index (κ2) is 10.3. The second-order valence-electron chi connectivity index (χ2n) is 7.70. The summed E-state index contributed by atoms with van der Waals surface area (Å²) in [7, 11) is 0. The number of nitrogens with one attached hydrogen (secondary N) is 2. The van der Waals surface area contributed by atoms with Crippen molar-refractivity contribution in [3.8, 4) is 0 Å². The molecule has 1 fully saturated rings. The first-order valence-electron chi connectivity index (χ1n) is 9.85. The topological polar surface area (TPSA) is 84.2 Å². The Kier molecular flexibility index (Phi) is 8.10. The average Bonchev–Trinajstić information content (AvgIpc) is 2.65. The van der Waals surface area contributed by atoms with Gasteiger partial charge in [-0.25, -0.2) is 0 Å². The zero-order valence-corrected chi connectivity index (χ0v) is 16.0. The van der Waals surface area contributed by atoms with Crippen LogP contribution in [-0.2, 0) is 16.0 Å². The molecule has 5 heteroatoms. The molecular formula is C21H33N3O2. The van der Waals surface area contributed by atoms with Crippen LogP contribution in [0.25, 0.3) is 0 Å². The molecule has 4 N–H and O–H groups in total. The lowest BCUT2D eigenvalue weighted by molar-refractivity contribution is -0.130. The van der Waals surface area contributed by atoms with Gasteiger partial charge in [0.1, 0.15) is 6.04 Å². The summed E-state index contributed by atoms with van der Waals surface area (Å²) in [5, 5.41) is 6.01. The van der Waals surface area contributed by atoms with Gasteiger partial charge < -0.3 is 16.4 Å². The van der Waals surface area contributed by atoms with Crippen LogP contribution in [0.5, 0.6) is 0 Å². The van der Waals surface area contributed by atoms with E-state index >= 15 is 0 Å². The fourth-order valence-electron chi connectivity index (χ4n) is 3.72. The zero-order chi connectivity index (χ0) is 18.9. The molecule has 1 aromatic carbocycles. The SMILES string of the molecule is CC(C)C(NC(=O)Cc1ccccc1)C(=O)NC(CN)C1CCCCC1. The van der Waals surface area contributed by atoms with Gasteiger partial charge in [0, 0.05) is 12.6 Å². The van der Waals surface area contributed by atoms with Crippen molar-refractivity contribution < 1.29 is 9.59 Å². The molecule has 0 heterocycles. The van der Waals surface area contributed by atoms with E-state index in [1.165, 1.54) is 19.3 Å². The number of nitrogens with two attached hydrogens (primary N) is 1. The third-order valence-corrected chi connectivity index (χ3v) is 5.27. The van der Waals surface area contributed by atoms with E-state index in [9.17, 15) is 9.59 Å². The summed E-state index contributed by atoms with van der Waals surface area (Å²) in [6, 6.07) is 9.02. The highest BCUT2D eigenvalue weighted by Gasteiger charge is 2.29. The molecule has 144 valence electrons. The van der Waals surface area contributed by atoms with Crippen molar-refractivity contribution >= 4 is 11.8 Å². The fourth-order valence-corrected chi connectivity index (χ4v) is 3.72. The van der Waals surface area contributed by atoms with E-state index in [1.807, 2.05) is 44.2 Å². The average molecular weight is 360 g/mol. The highest BCUT2D eigenvalue weighted by molar-refractivity contribution is 5.88. The Morgan fingerprint density at radius 2 is 1.73 bits per heavy atom. The summed E-state index contributed by atoms with van der Waals surface area (Å²) < 4.78 is 0. The lowest BCUT2D eigenvalue weighted by Crippen LogP contribution is -2.55. The molecule has 0 bridgehead atoms. The van der Waals surface area contributed by atoms with E-state index in [4.69, 9.17) is 5.73 Å². The van der Waals surface area contributed by atoms with Gasteiger partial charge in [-0.05, 0) is 30.2 Å². The normalized spacial score (nSPS) is 17.5. The van der Waals surface area contributed by atoms with Crippen molar-refractivity contribution in [1.29, 1.82) is 0 Å². The van der Waals surface area contributed by atoms with Gasteiger partial charge >= 0.3 is 0 Å². The van der Waals surface area contributed by atoms with Crippen LogP contribution in [0.15, 0.2) is 30.3 Å². The first-order chi connectivity index (χ1) is 12.5. The molecule has 26 heavy (non-hydrogen) atoms. The highest BCUT2D eigenvalue weighted by atomic mass is 16.2. The summed E-state index contributed by atoms with van der Waals surface area (Å²) >= 11 is 0.